The van der Waals surface area contributed by atoms with Crippen molar-refractivity contribution in [3.63, 3.8) is 0 Å². The maximum atomic E-state index is 4.35. The van der Waals surface area contributed by atoms with Crippen molar-refractivity contribution in [1.29, 1.82) is 0 Å². The summed E-state index contributed by atoms with van der Waals surface area (Å²) in [6, 6.07) is 0. The molecule has 2 aromatic rings. The van der Waals surface area contributed by atoms with E-state index in [0.717, 1.165) is 31.2 Å². The maximum Gasteiger partial charge on any atom is 0.110 e. The number of nitrogens with one attached hydrogen (secondary N) is 1. The highest BCUT2D eigenvalue weighted by Gasteiger charge is 2.07. The quantitative estimate of drug-likeness (QED) is 0.834. The van der Waals surface area contributed by atoms with Gasteiger partial charge in [0.05, 0.1) is 5.69 Å². The molecule has 0 aliphatic heterocycles. The standard InChI is InChI=1S/C12H19N5/c1-10-15-9-11(8-13-2)17(10)6-4-12-14-5-7-16(12)3/h5,7,9,13H,4,6,8H2,1-3H3. The zero-order valence-corrected chi connectivity index (χ0v) is 10.6. The third-order valence-corrected chi connectivity index (χ3v) is 2.98. The number of rotatable bonds is 5. The second-order valence-corrected chi connectivity index (χ2v) is 4.18. The summed E-state index contributed by atoms with van der Waals surface area (Å²) in [5.74, 6) is 2.16. The fourth-order valence-corrected chi connectivity index (χ4v) is 1.99. The zero-order valence-electron chi connectivity index (χ0n) is 10.6. The van der Waals surface area contributed by atoms with E-state index in [1.165, 1.54) is 5.69 Å². The van der Waals surface area contributed by atoms with E-state index in [1.807, 2.05) is 39.6 Å². The lowest BCUT2D eigenvalue weighted by molar-refractivity contribution is 0.599. The van der Waals surface area contributed by atoms with Gasteiger partial charge >= 0.3 is 0 Å². The Kier molecular flexibility index (Phi) is 3.58. The molecule has 5 nitrogen and oxygen atoms in total. The van der Waals surface area contributed by atoms with Crippen LogP contribution in [0.1, 0.15) is 17.3 Å². The van der Waals surface area contributed by atoms with E-state index in [9.17, 15) is 0 Å². The summed E-state index contributed by atoms with van der Waals surface area (Å²) < 4.78 is 4.30. The molecule has 2 rings (SSSR count). The van der Waals surface area contributed by atoms with Crippen molar-refractivity contribution in [3.8, 4) is 0 Å². The van der Waals surface area contributed by atoms with Crippen molar-refractivity contribution in [1.82, 2.24) is 24.4 Å². The number of aryl methyl sites for hydroxylation is 3. The maximum absolute atomic E-state index is 4.35. The first-order valence-corrected chi connectivity index (χ1v) is 5.84. The second kappa shape index (κ2) is 5.14. The lowest BCUT2D eigenvalue weighted by atomic mass is 10.3. The molecule has 0 unspecified atom stereocenters. The number of aromatic nitrogens is 4. The van der Waals surface area contributed by atoms with Crippen LogP contribution in [0.2, 0.25) is 0 Å². The first-order chi connectivity index (χ1) is 8.22. The minimum Gasteiger partial charge on any atom is -0.338 e. The normalized spacial score (nSPS) is 11.0. The largest absolute Gasteiger partial charge is 0.338 e. The van der Waals surface area contributed by atoms with Crippen LogP contribution in [-0.2, 0) is 26.6 Å². The average molecular weight is 233 g/mol. The Morgan fingerprint density at radius 2 is 2.18 bits per heavy atom. The molecule has 0 saturated heterocycles. The lowest BCUT2D eigenvalue weighted by Gasteiger charge is -2.10. The molecule has 17 heavy (non-hydrogen) atoms. The smallest absolute Gasteiger partial charge is 0.110 e. The molecule has 0 saturated carbocycles. The Labute approximate surface area is 102 Å². The molecule has 0 radical (unpaired) electrons. The van der Waals surface area contributed by atoms with Crippen molar-refractivity contribution in [2.24, 2.45) is 7.05 Å². The fraction of sp³-hybridized carbons (Fsp3) is 0.500. The van der Waals surface area contributed by atoms with Gasteiger partial charge in [0, 0.05) is 45.1 Å². The lowest BCUT2D eigenvalue weighted by Crippen LogP contribution is -2.14. The van der Waals surface area contributed by atoms with Gasteiger partial charge in [-0.3, -0.25) is 0 Å². The highest BCUT2D eigenvalue weighted by atomic mass is 15.1. The Balaban J connectivity index is 2.08. The fourth-order valence-electron chi connectivity index (χ4n) is 1.99. The van der Waals surface area contributed by atoms with E-state index < -0.39 is 0 Å². The highest BCUT2D eigenvalue weighted by molar-refractivity contribution is 5.05. The minimum atomic E-state index is 0.849. The first-order valence-electron chi connectivity index (χ1n) is 5.84. The summed E-state index contributed by atoms with van der Waals surface area (Å²) in [6.45, 7) is 3.81. The van der Waals surface area contributed by atoms with Crippen LogP contribution in [0.15, 0.2) is 18.6 Å². The zero-order chi connectivity index (χ0) is 12.3. The van der Waals surface area contributed by atoms with Gasteiger partial charge in [-0.15, -0.1) is 0 Å². The van der Waals surface area contributed by atoms with Crippen LogP contribution in [0.25, 0.3) is 0 Å². The van der Waals surface area contributed by atoms with Crippen molar-refractivity contribution < 1.29 is 0 Å². The van der Waals surface area contributed by atoms with E-state index in [1.54, 1.807) is 0 Å². The molecular weight excluding hydrogens is 214 g/mol. The molecule has 0 bridgehead atoms. The molecule has 92 valence electrons. The molecule has 0 amide bonds. The summed E-state index contributed by atoms with van der Waals surface area (Å²) in [5.41, 5.74) is 1.22. The SMILES string of the molecule is CNCc1cnc(C)n1CCc1nccn1C. The molecule has 0 atom stereocenters. The molecule has 2 aromatic heterocycles. The third kappa shape index (κ3) is 2.55. The van der Waals surface area contributed by atoms with Crippen molar-refractivity contribution in [2.75, 3.05) is 7.05 Å². The van der Waals surface area contributed by atoms with Crippen LogP contribution in [0.5, 0.6) is 0 Å². The Morgan fingerprint density at radius 3 is 2.82 bits per heavy atom. The monoisotopic (exact) mass is 233 g/mol. The van der Waals surface area contributed by atoms with Crippen LogP contribution >= 0.6 is 0 Å². The molecule has 0 aliphatic carbocycles. The molecule has 0 spiro atoms. The molecule has 5 heteroatoms. The Bertz CT molecular complexity index is 483. The summed E-state index contributed by atoms with van der Waals surface area (Å²) in [4.78, 5) is 8.69. The third-order valence-electron chi connectivity index (χ3n) is 2.98. The first kappa shape index (κ1) is 11.9. The van der Waals surface area contributed by atoms with Crippen LogP contribution < -0.4 is 5.32 Å². The van der Waals surface area contributed by atoms with Crippen LogP contribution in [0, 0.1) is 6.92 Å². The molecule has 0 fully saturated rings. The predicted octanol–water partition coefficient (Wildman–Crippen LogP) is 0.887. The van der Waals surface area contributed by atoms with E-state index in [2.05, 4.69) is 24.4 Å². The molecule has 1 N–H and O–H groups in total. The molecule has 0 aromatic carbocycles. The van der Waals surface area contributed by atoms with Crippen LogP contribution in [0.4, 0.5) is 0 Å². The molecular formula is C12H19N5. The second-order valence-electron chi connectivity index (χ2n) is 4.18. The van der Waals surface area contributed by atoms with E-state index in [4.69, 9.17) is 0 Å². The summed E-state index contributed by atoms with van der Waals surface area (Å²) in [6.07, 6.45) is 6.68. The molecule has 2 heterocycles. The van der Waals surface area contributed by atoms with Gasteiger partial charge in [0.25, 0.3) is 0 Å². The van der Waals surface area contributed by atoms with Gasteiger partial charge in [0.15, 0.2) is 0 Å². The van der Waals surface area contributed by atoms with E-state index in [-0.39, 0.29) is 0 Å². The van der Waals surface area contributed by atoms with E-state index >= 15 is 0 Å². The molecule has 0 aliphatic rings. The van der Waals surface area contributed by atoms with Gasteiger partial charge in [-0.2, -0.15) is 0 Å². The van der Waals surface area contributed by atoms with Gasteiger partial charge in [0.2, 0.25) is 0 Å². The number of imidazole rings is 2. The van der Waals surface area contributed by atoms with Crippen molar-refractivity contribution in [2.45, 2.75) is 26.4 Å². The predicted molar refractivity (Wildman–Crippen MR) is 66.6 cm³/mol. The number of nitrogens with zero attached hydrogens (tertiary/aromatic N) is 4. The summed E-state index contributed by atoms with van der Waals surface area (Å²) in [7, 11) is 3.98. The van der Waals surface area contributed by atoms with Gasteiger partial charge in [0.1, 0.15) is 11.6 Å². The Morgan fingerprint density at radius 1 is 1.35 bits per heavy atom. The van der Waals surface area contributed by atoms with Gasteiger partial charge in [-0.25, -0.2) is 9.97 Å². The van der Waals surface area contributed by atoms with E-state index in [0.29, 0.717) is 0 Å². The van der Waals surface area contributed by atoms with Crippen LogP contribution in [-0.4, -0.2) is 26.1 Å². The minimum absolute atomic E-state index is 0.849. The van der Waals surface area contributed by atoms with Gasteiger partial charge < -0.3 is 14.5 Å². The van der Waals surface area contributed by atoms with Crippen molar-refractivity contribution in [3.05, 3.63) is 35.9 Å². The highest BCUT2D eigenvalue weighted by Crippen LogP contribution is 2.07. The topological polar surface area (TPSA) is 47.7 Å². The number of hydrogen-bond donors (Lipinski definition) is 1. The summed E-state index contributed by atoms with van der Waals surface area (Å²) >= 11 is 0. The summed E-state index contributed by atoms with van der Waals surface area (Å²) in [5, 5.41) is 3.16. The van der Waals surface area contributed by atoms with Gasteiger partial charge in [-0.05, 0) is 14.0 Å². The van der Waals surface area contributed by atoms with Crippen LogP contribution in [0.3, 0.4) is 0 Å². The van der Waals surface area contributed by atoms with Crippen molar-refractivity contribution >= 4 is 0 Å². The average Bonchev–Trinajstić information content (AvgIpc) is 2.85. The Hall–Kier alpha value is -1.62. The number of hydrogen-bond acceptors (Lipinski definition) is 3. The van der Waals surface area contributed by atoms with Gasteiger partial charge in [-0.1, -0.05) is 0 Å².